The van der Waals surface area contributed by atoms with Gasteiger partial charge in [0.15, 0.2) is 0 Å². The van der Waals surface area contributed by atoms with Gasteiger partial charge in [0.2, 0.25) is 0 Å². The largest absolute Gasteiger partial charge is 0.497 e. The van der Waals surface area contributed by atoms with E-state index < -0.39 is 0 Å². The number of ether oxygens (including phenoxy) is 1. The lowest BCUT2D eigenvalue weighted by Gasteiger charge is -2.13. The van der Waals surface area contributed by atoms with Crippen LogP contribution >= 0.6 is 11.6 Å². The summed E-state index contributed by atoms with van der Waals surface area (Å²) in [6, 6.07) is 6.10. The minimum Gasteiger partial charge on any atom is -0.497 e. The number of aryl methyl sites for hydroxylation is 2. The van der Waals surface area contributed by atoms with E-state index in [9.17, 15) is 0 Å². The molecule has 1 aliphatic rings. The molecule has 0 unspecified atom stereocenters. The molecule has 1 aromatic heterocycles. The summed E-state index contributed by atoms with van der Waals surface area (Å²) in [4.78, 5) is 4.75. The second-order valence-corrected chi connectivity index (χ2v) is 6.29. The zero-order chi connectivity index (χ0) is 14.7. The first kappa shape index (κ1) is 14.7. The lowest BCUT2D eigenvalue weighted by molar-refractivity contribution is 0.415. The molecule has 3 rings (SSSR count). The number of aromatic nitrogens is 2. The average molecular weight is 307 g/mol. The van der Waals surface area contributed by atoms with Gasteiger partial charge in [-0.05, 0) is 24.5 Å². The Balaban J connectivity index is 1.89. The summed E-state index contributed by atoms with van der Waals surface area (Å²) in [5.41, 5.74) is 2.22. The van der Waals surface area contributed by atoms with E-state index in [0.29, 0.717) is 5.88 Å². The summed E-state index contributed by atoms with van der Waals surface area (Å²) >= 11 is 5.94. The summed E-state index contributed by atoms with van der Waals surface area (Å²) < 4.78 is 7.70. The van der Waals surface area contributed by atoms with Crippen molar-refractivity contribution in [2.24, 2.45) is 5.92 Å². The molecule has 0 saturated heterocycles. The van der Waals surface area contributed by atoms with Crippen LogP contribution in [-0.2, 0) is 13.0 Å². The van der Waals surface area contributed by atoms with E-state index in [2.05, 4.69) is 10.6 Å². The van der Waals surface area contributed by atoms with Crippen molar-refractivity contribution in [3.05, 3.63) is 24.0 Å². The third-order valence-electron chi connectivity index (χ3n) is 4.59. The molecule has 21 heavy (non-hydrogen) atoms. The van der Waals surface area contributed by atoms with Crippen molar-refractivity contribution >= 4 is 22.6 Å². The highest BCUT2D eigenvalue weighted by atomic mass is 35.5. The maximum Gasteiger partial charge on any atom is 0.121 e. The van der Waals surface area contributed by atoms with Crippen LogP contribution in [0.1, 0.15) is 37.9 Å². The highest BCUT2D eigenvalue weighted by Gasteiger charge is 2.17. The second kappa shape index (κ2) is 6.69. The van der Waals surface area contributed by atoms with E-state index in [4.69, 9.17) is 21.3 Å². The highest BCUT2D eigenvalue weighted by molar-refractivity contribution is 6.17. The number of fused-ring (bicyclic) bond motifs is 1. The number of imidazole rings is 1. The predicted molar refractivity (Wildman–Crippen MR) is 87.3 cm³/mol. The van der Waals surface area contributed by atoms with Crippen molar-refractivity contribution in [2.45, 2.75) is 45.1 Å². The lowest BCUT2D eigenvalue weighted by atomic mass is 10.0. The molecule has 1 heterocycles. The van der Waals surface area contributed by atoms with E-state index in [1.165, 1.54) is 37.6 Å². The lowest BCUT2D eigenvalue weighted by Crippen LogP contribution is -2.08. The van der Waals surface area contributed by atoms with Crippen molar-refractivity contribution in [2.75, 3.05) is 13.0 Å². The fraction of sp³-hybridized carbons (Fsp3) is 0.588. The average Bonchev–Trinajstić information content (AvgIpc) is 3.12. The summed E-state index contributed by atoms with van der Waals surface area (Å²) in [7, 11) is 1.71. The van der Waals surface area contributed by atoms with Gasteiger partial charge in [0.05, 0.1) is 18.1 Å². The predicted octanol–water partition coefficient (Wildman–Crippen LogP) is 4.41. The third kappa shape index (κ3) is 3.18. The maximum atomic E-state index is 5.94. The van der Waals surface area contributed by atoms with Crippen LogP contribution in [0.4, 0.5) is 0 Å². The fourth-order valence-corrected chi connectivity index (χ4v) is 3.58. The molecule has 1 fully saturated rings. The Kier molecular flexibility index (Phi) is 4.69. The van der Waals surface area contributed by atoms with Crippen LogP contribution in [-0.4, -0.2) is 22.5 Å². The Hall–Kier alpha value is -1.22. The number of benzene rings is 1. The van der Waals surface area contributed by atoms with Gasteiger partial charge in [-0.25, -0.2) is 4.98 Å². The van der Waals surface area contributed by atoms with Gasteiger partial charge in [-0.2, -0.15) is 0 Å². The van der Waals surface area contributed by atoms with Crippen molar-refractivity contribution in [3.8, 4) is 5.75 Å². The smallest absolute Gasteiger partial charge is 0.121 e. The minimum atomic E-state index is 0.615. The summed E-state index contributed by atoms with van der Waals surface area (Å²) in [6.07, 6.45) is 7.65. The number of nitrogens with zero attached hydrogens (tertiary/aromatic N) is 2. The van der Waals surface area contributed by atoms with E-state index in [-0.39, 0.29) is 0 Å². The van der Waals surface area contributed by atoms with Crippen LogP contribution < -0.4 is 4.74 Å². The first-order valence-corrected chi connectivity index (χ1v) is 8.44. The SMILES string of the molecule is COc1ccc2nc(CCCl)n(CCC3CCCC3)c2c1. The number of hydrogen-bond acceptors (Lipinski definition) is 2. The number of hydrogen-bond donors (Lipinski definition) is 0. The molecule has 0 aliphatic heterocycles. The number of methoxy groups -OCH3 is 1. The molecule has 0 N–H and O–H groups in total. The number of rotatable bonds is 6. The van der Waals surface area contributed by atoms with Crippen molar-refractivity contribution in [1.29, 1.82) is 0 Å². The van der Waals surface area contributed by atoms with Crippen LogP contribution in [0.25, 0.3) is 11.0 Å². The van der Waals surface area contributed by atoms with Gasteiger partial charge in [0.1, 0.15) is 11.6 Å². The molecule has 0 spiro atoms. The van der Waals surface area contributed by atoms with Crippen LogP contribution in [0.3, 0.4) is 0 Å². The van der Waals surface area contributed by atoms with Gasteiger partial charge >= 0.3 is 0 Å². The van der Waals surface area contributed by atoms with Gasteiger partial charge in [0.25, 0.3) is 0 Å². The fourth-order valence-electron chi connectivity index (χ4n) is 3.41. The van der Waals surface area contributed by atoms with Gasteiger partial charge in [-0.15, -0.1) is 11.6 Å². The van der Waals surface area contributed by atoms with Gasteiger partial charge in [0, 0.05) is 24.9 Å². The molecule has 0 atom stereocenters. The van der Waals surface area contributed by atoms with Crippen LogP contribution in [0.5, 0.6) is 5.75 Å². The van der Waals surface area contributed by atoms with Gasteiger partial charge < -0.3 is 9.30 Å². The number of halogens is 1. The summed E-state index contributed by atoms with van der Waals surface area (Å²) in [5.74, 6) is 3.49. The zero-order valence-corrected chi connectivity index (χ0v) is 13.4. The van der Waals surface area contributed by atoms with Crippen molar-refractivity contribution < 1.29 is 4.74 Å². The first-order chi connectivity index (χ1) is 10.3. The van der Waals surface area contributed by atoms with E-state index in [1.54, 1.807) is 7.11 Å². The molecule has 3 nitrogen and oxygen atoms in total. The van der Waals surface area contributed by atoms with E-state index >= 15 is 0 Å². The molecule has 0 bridgehead atoms. The quantitative estimate of drug-likeness (QED) is 0.739. The monoisotopic (exact) mass is 306 g/mol. The van der Waals surface area contributed by atoms with Crippen LogP contribution in [0.2, 0.25) is 0 Å². The second-order valence-electron chi connectivity index (χ2n) is 5.91. The van der Waals surface area contributed by atoms with Gasteiger partial charge in [-0.3, -0.25) is 0 Å². The third-order valence-corrected chi connectivity index (χ3v) is 4.78. The van der Waals surface area contributed by atoms with Gasteiger partial charge in [-0.1, -0.05) is 25.7 Å². The molecule has 1 saturated carbocycles. The van der Waals surface area contributed by atoms with Crippen LogP contribution in [0.15, 0.2) is 18.2 Å². The molecule has 2 aromatic rings. The molecular weight excluding hydrogens is 284 g/mol. The Morgan fingerprint density at radius 1 is 1.33 bits per heavy atom. The van der Waals surface area contributed by atoms with E-state index in [0.717, 1.165) is 36.0 Å². The van der Waals surface area contributed by atoms with Crippen LogP contribution in [0, 0.1) is 5.92 Å². The van der Waals surface area contributed by atoms with Crippen molar-refractivity contribution in [1.82, 2.24) is 9.55 Å². The Morgan fingerprint density at radius 2 is 2.14 bits per heavy atom. The molecule has 1 aliphatic carbocycles. The summed E-state index contributed by atoms with van der Waals surface area (Å²) in [5, 5.41) is 0. The number of alkyl halides is 1. The maximum absolute atomic E-state index is 5.94. The topological polar surface area (TPSA) is 27.1 Å². The van der Waals surface area contributed by atoms with E-state index in [1.807, 2.05) is 12.1 Å². The first-order valence-electron chi connectivity index (χ1n) is 7.91. The molecule has 0 amide bonds. The molecular formula is C17H23ClN2O. The standard InChI is InChI=1S/C17H23ClN2O/c1-21-14-6-7-15-16(12-14)20(17(19-15)8-10-18)11-9-13-4-2-3-5-13/h6-7,12-13H,2-5,8-11H2,1H3. The minimum absolute atomic E-state index is 0.615. The summed E-state index contributed by atoms with van der Waals surface area (Å²) in [6.45, 7) is 1.04. The highest BCUT2D eigenvalue weighted by Crippen LogP contribution is 2.29. The zero-order valence-electron chi connectivity index (χ0n) is 12.6. The normalized spacial score (nSPS) is 15.9. The molecule has 0 radical (unpaired) electrons. The Labute approximate surface area is 131 Å². The Bertz CT molecular complexity index is 602. The van der Waals surface area contributed by atoms with Crippen molar-refractivity contribution in [3.63, 3.8) is 0 Å². The Morgan fingerprint density at radius 3 is 2.86 bits per heavy atom. The molecule has 114 valence electrons. The molecule has 4 heteroatoms. The molecule has 1 aromatic carbocycles.